The molecule has 1 unspecified atom stereocenters. The number of methoxy groups -OCH3 is 1. The summed E-state index contributed by atoms with van der Waals surface area (Å²) in [6.07, 6.45) is 3.74. The van der Waals surface area contributed by atoms with Gasteiger partial charge in [0.05, 0.1) is 25.6 Å². The molecule has 0 aliphatic carbocycles. The second kappa shape index (κ2) is 4.67. The van der Waals surface area contributed by atoms with Gasteiger partial charge in [-0.2, -0.15) is 0 Å². The van der Waals surface area contributed by atoms with Crippen LogP contribution in [0.5, 0.6) is 0 Å². The van der Waals surface area contributed by atoms with Crippen LogP contribution in [0.15, 0.2) is 23.0 Å². The van der Waals surface area contributed by atoms with Crippen molar-refractivity contribution in [1.82, 2.24) is 0 Å². The van der Waals surface area contributed by atoms with Crippen LogP contribution in [0.4, 0.5) is 0 Å². The Bertz CT molecular complexity index is 256. The maximum atomic E-state index is 11.1. The van der Waals surface area contributed by atoms with Gasteiger partial charge in [0.2, 0.25) is 0 Å². The first-order valence-corrected chi connectivity index (χ1v) is 4.07. The van der Waals surface area contributed by atoms with Gasteiger partial charge in [0, 0.05) is 6.54 Å². The molecule has 0 amide bonds. The molecule has 0 saturated heterocycles. The summed E-state index contributed by atoms with van der Waals surface area (Å²) in [6.45, 7) is 0.290. The Morgan fingerprint density at radius 2 is 2.54 bits per heavy atom. The van der Waals surface area contributed by atoms with E-state index in [-0.39, 0.29) is 18.4 Å². The third kappa shape index (κ3) is 2.59. The zero-order valence-corrected chi connectivity index (χ0v) is 7.53. The van der Waals surface area contributed by atoms with E-state index in [1.165, 1.54) is 7.11 Å². The number of nitrogens with two attached hydrogens (primary N) is 1. The third-order valence-corrected chi connectivity index (χ3v) is 1.88. The minimum absolute atomic E-state index is 0.274. The summed E-state index contributed by atoms with van der Waals surface area (Å²) in [7, 11) is 1.36. The molecule has 72 valence electrons. The van der Waals surface area contributed by atoms with Crippen molar-refractivity contribution in [3.63, 3.8) is 0 Å². The molecule has 0 saturated carbocycles. The highest BCUT2D eigenvalue weighted by Gasteiger charge is 2.17. The largest absolute Gasteiger partial charge is 0.472 e. The maximum Gasteiger partial charge on any atom is 0.310 e. The van der Waals surface area contributed by atoms with Crippen molar-refractivity contribution in [2.24, 2.45) is 11.7 Å². The van der Waals surface area contributed by atoms with Crippen LogP contribution in [0.2, 0.25) is 0 Å². The smallest absolute Gasteiger partial charge is 0.310 e. The van der Waals surface area contributed by atoms with E-state index in [0.717, 1.165) is 5.56 Å². The van der Waals surface area contributed by atoms with Gasteiger partial charge in [-0.3, -0.25) is 4.79 Å². The predicted octanol–water partition coefficient (Wildman–Crippen LogP) is 0.570. The number of esters is 1. The summed E-state index contributed by atoms with van der Waals surface area (Å²) in [6, 6.07) is 1.81. The average molecular weight is 183 g/mol. The second-order valence-electron chi connectivity index (χ2n) is 2.79. The highest BCUT2D eigenvalue weighted by Crippen LogP contribution is 2.09. The van der Waals surface area contributed by atoms with Crippen molar-refractivity contribution in [2.45, 2.75) is 6.42 Å². The molecule has 1 aromatic rings. The van der Waals surface area contributed by atoms with Crippen molar-refractivity contribution in [3.05, 3.63) is 24.2 Å². The van der Waals surface area contributed by atoms with Crippen LogP contribution in [0, 0.1) is 5.92 Å². The minimum atomic E-state index is -0.275. The summed E-state index contributed by atoms with van der Waals surface area (Å²) in [5, 5.41) is 0. The number of rotatable bonds is 4. The highest BCUT2D eigenvalue weighted by atomic mass is 16.5. The molecule has 0 aromatic carbocycles. The number of carbonyl (C=O) groups is 1. The molecule has 4 heteroatoms. The van der Waals surface area contributed by atoms with Crippen LogP contribution in [-0.2, 0) is 16.0 Å². The normalized spacial score (nSPS) is 12.5. The fourth-order valence-electron chi connectivity index (χ4n) is 1.12. The minimum Gasteiger partial charge on any atom is -0.472 e. The van der Waals surface area contributed by atoms with Crippen LogP contribution in [0.1, 0.15) is 5.56 Å². The fourth-order valence-corrected chi connectivity index (χ4v) is 1.12. The standard InChI is InChI=1S/C9H13NO3/c1-12-9(11)8(5-10)4-7-2-3-13-6-7/h2-3,6,8H,4-5,10H2,1H3. The van der Waals surface area contributed by atoms with Crippen molar-refractivity contribution in [3.8, 4) is 0 Å². The molecule has 1 aromatic heterocycles. The molecule has 1 atom stereocenters. The quantitative estimate of drug-likeness (QED) is 0.693. The van der Waals surface area contributed by atoms with E-state index in [1.807, 2.05) is 6.07 Å². The zero-order valence-electron chi connectivity index (χ0n) is 7.53. The summed E-state index contributed by atoms with van der Waals surface area (Å²) in [5.74, 6) is -0.550. The highest BCUT2D eigenvalue weighted by molar-refractivity contribution is 5.72. The van der Waals surface area contributed by atoms with Crippen LogP contribution in [0.3, 0.4) is 0 Å². The van der Waals surface area contributed by atoms with Crippen molar-refractivity contribution >= 4 is 5.97 Å². The lowest BCUT2D eigenvalue weighted by Crippen LogP contribution is -2.26. The molecule has 0 aliphatic heterocycles. The fraction of sp³-hybridized carbons (Fsp3) is 0.444. The lowest BCUT2D eigenvalue weighted by atomic mass is 10.0. The first-order valence-electron chi connectivity index (χ1n) is 4.07. The van der Waals surface area contributed by atoms with E-state index in [4.69, 9.17) is 10.2 Å². The summed E-state index contributed by atoms with van der Waals surface area (Å²) >= 11 is 0. The Hall–Kier alpha value is -1.29. The van der Waals surface area contributed by atoms with Gasteiger partial charge in [-0.15, -0.1) is 0 Å². The van der Waals surface area contributed by atoms with Crippen molar-refractivity contribution in [1.29, 1.82) is 0 Å². The van der Waals surface area contributed by atoms with Gasteiger partial charge in [-0.25, -0.2) is 0 Å². The van der Waals surface area contributed by atoms with Gasteiger partial charge in [0.15, 0.2) is 0 Å². The molecular formula is C9H13NO3. The summed E-state index contributed by atoms with van der Waals surface area (Å²) in [4.78, 5) is 11.1. The molecule has 0 fully saturated rings. The van der Waals surface area contributed by atoms with Crippen molar-refractivity contribution in [2.75, 3.05) is 13.7 Å². The number of hydrogen-bond donors (Lipinski definition) is 1. The zero-order chi connectivity index (χ0) is 9.68. The summed E-state index contributed by atoms with van der Waals surface area (Å²) < 4.78 is 9.48. The van der Waals surface area contributed by atoms with E-state index >= 15 is 0 Å². The van der Waals surface area contributed by atoms with Crippen molar-refractivity contribution < 1.29 is 13.9 Å². The van der Waals surface area contributed by atoms with Gasteiger partial charge in [-0.1, -0.05) is 0 Å². The first-order chi connectivity index (χ1) is 6.27. The average Bonchev–Trinajstić information content (AvgIpc) is 2.65. The molecule has 0 bridgehead atoms. The maximum absolute atomic E-state index is 11.1. The number of hydrogen-bond acceptors (Lipinski definition) is 4. The Morgan fingerprint density at radius 1 is 1.77 bits per heavy atom. The molecule has 0 spiro atoms. The first kappa shape index (κ1) is 9.80. The van der Waals surface area contributed by atoms with E-state index < -0.39 is 0 Å². The second-order valence-corrected chi connectivity index (χ2v) is 2.79. The van der Waals surface area contributed by atoms with Gasteiger partial charge in [0.25, 0.3) is 0 Å². The number of furan rings is 1. The van der Waals surface area contributed by atoms with Gasteiger partial charge < -0.3 is 14.9 Å². The molecule has 4 nitrogen and oxygen atoms in total. The number of carbonyl (C=O) groups excluding carboxylic acids is 1. The van der Waals surface area contributed by atoms with Crippen LogP contribution < -0.4 is 5.73 Å². The predicted molar refractivity (Wildman–Crippen MR) is 47.0 cm³/mol. The van der Waals surface area contributed by atoms with Crippen LogP contribution in [0.25, 0.3) is 0 Å². The summed E-state index contributed by atoms with van der Waals surface area (Å²) in [5.41, 5.74) is 6.39. The third-order valence-electron chi connectivity index (χ3n) is 1.88. The van der Waals surface area contributed by atoms with E-state index in [9.17, 15) is 4.79 Å². The molecule has 1 heterocycles. The Kier molecular flexibility index (Phi) is 3.52. The van der Waals surface area contributed by atoms with Gasteiger partial charge in [0.1, 0.15) is 0 Å². The van der Waals surface area contributed by atoms with Crippen LogP contribution in [-0.4, -0.2) is 19.6 Å². The van der Waals surface area contributed by atoms with Crippen LogP contribution >= 0.6 is 0 Å². The van der Waals surface area contributed by atoms with E-state index in [1.54, 1.807) is 12.5 Å². The molecular weight excluding hydrogens is 170 g/mol. The lowest BCUT2D eigenvalue weighted by Gasteiger charge is -2.09. The van der Waals surface area contributed by atoms with Gasteiger partial charge >= 0.3 is 5.97 Å². The lowest BCUT2D eigenvalue weighted by molar-refractivity contribution is -0.145. The monoisotopic (exact) mass is 183 g/mol. The van der Waals surface area contributed by atoms with E-state index in [0.29, 0.717) is 6.42 Å². The molecule has 0 radical (unpaired) electrons. The SMILES string of the molecule is COC(=O)C(CN)Cc1ccoc1. The molecule has 2 N–H and O–H groups in total. The Morgan fingerprint density at radius 3 is 3.00 bits per heavy atom. The molecule has 1 rings (SSSR count). The topological polar surface area (TPSA) is 65.5 Å². The Labute approximate surface area is 76.7 Å². The molecule has 13 heavy (non-hydrogen) atoms. The number of ether oxygens (including phenoxy) is 1. The van der Waals surface area contributed by atoms with Gasteiger partial charge in [-0.05, 0) is 18.1 Å². The Balaban J connectivity index is 2.54. The molecule has 0 aliphatic rings. The van der Waals surface area contributed by atoms with E-state index in [2.05, 4.69) is 4.74 Å².